The highest BCUT2D eigenvalue weighted by atomic mass is 79.9. The molecule has 4 heteroatoms. The molecule has 0 unspecified atom stereocenters. The number of halogens is 1. The summed E-state index contributed by atoms with van der Waals surface area (Å²) < 4.78 is 6.79. The van der Waals surface area contributed by atoms with Gasteiger partial charge in [-0.05, 0) is 24.3 Å². The second-order valence-electron chi connectivity index (χ2n) is 4.34. The molecule has 0 fully saturated rings. The topological polar surface area (TPSA) is 38.1 Å². The molecule has 2 aromatic carbocycles. The number of nitrogens with one attached hydrogen (secondary N) is 1. The molecule has 0 aliphatic carbocycles. The molecule has 1 N–H and O–H groups in total. The summed E-state index contributed by atoms with van der Waals surface area (Å²) in [4.78, 5) is 4.29. The van der Waals surface area contributed by atoms with E-state index in [0.29, 0.717) is 12.4 Å². The highest BCUT2D eigenvalue weighted by Crippen LogP contribution is 2.20. The Bertz CT molecular complexity index is 677. The maximum Gasteiger partial charge on any atom is 0.214 e. The summed E-state index contributed by atoms with van der Waals surface area (Å²) in [6.45, 7) is 0.564. The van der Waals surface area contributed by atoms with Crippen LogP contribution in [0.3, 0.4) is 0 Å². The van der Waals surface area contributed by atoms with Crippen molar-refractivity contribution in [2.75, 3.05) is 5.32 Å². The molecule has 3 aromatic rings. The Morgan fingerprint density at radius 3 is 2.50 bits per heavy atom. The Balaban J connectivity index is 1.67. The van der Waals surface area contributed by atoms with Crippen molar-refractivity contribution in [3.63, 3.8) is 0 Å². The maximum atomic E-state index is 5.73. The second kappa shape index (κ2) is 5.92. The molecule has 3 nitrogen and oxygen atoms in total. The lowest BCUT2D eigenvalue weighted by Gasteiger charge is -2.03. The van der Waals surface area contributed by atoms with Crippen LogP contribution in [-0.4, -0.2) is 4.98 Å². The minimum Gasteiger partial charge on any atom is -0.439 e. The summed E-state index contributed by atoms with van der Waals surface area (Å²) in [5, 5.41) is 3.28. The predicted octanol–water partition coefficient (Wildman–Crippen LogP) is 4.72. The van der Waals surface area contributed by atoms with Crippen LogP contribution in [0.15, 0.2) is 69.7 Å². The minimum absolute atomic E-state index is 0.564. The fourth-order valence-electron chi connectivity index (χ4n) is 1.87. The number of nitrogens with zero attached hydrogens (tertiary/aromatic N) is 1. The quantitative estimate of drug-likeness (QED) is 0.753. The average Bonchev–Trinajstić information content (AvgIpc) is 2.97. The predicted molar refractivity (Wildman–Crippen MR) is 83.4 cm³/mol. The first-order chi connectivity index (χ1) is 9.81. The first-order valence-corrected chi connectivity index (χ1v) is 7.10. The van der Waals surface area contributed by atoms with E-state index in [1.807, 2.05) is 54.6 Å². The van der Waals surface area contributed by atoms with Crippen LogP contribution in [-0.2, 0) is 6.54 Å². The van der Waals surface area contributed by atoms with Gasteiger partial charge in [0.25, 0.3) is 0 Å². The molecule has 0 amide bonds. The molecule has 0 saturated carbocycles. The molecule has 3 rings (SSSR count). The lowest BCUT2D eigenvalue weighted by molar-refractivity contribution is 0.516. The van der Waals surface area contributed by atoms with Crippen molar-refractivity contribution >= 4 is 21.6 Å². The molecule has 0 aliphatic rings. The van der Waals surface area contributed by atoms with Gasteiger partial charge in [0.05, 0.1) is 12.7 Å². The van der Waals surface area contributed by atoms with E-state index in [2.05, 4.69) is 26.2 Å². The molecule has 0 aliphatic heterocycles. The van der Waals surface area contributed by atoms with Gasteiger partial charge in [-0.15, -0.1) is 0 Å². The SMILES string of the molecule is Brc1ccc(NCc2ncc(-c3ccccc3)o2)cc1. The second-order valence-corrected chi connectivity index (χ2v) is 5.26. The Morgan fingerprint density at radius 2 is 1.75 bits per heavy atom. The van der Waals surface area contributed by atoms with Gasteiger partial charge in [-0.1, -0.05) is 46.3 Å². The molecular formula is C16H13BrN2O. The maximum absolute atomic E-state index is 5.73. The van der Waals surface area contributed by atoms with Crippen molar-refractivity contribution in [1.29, 1.82) is 0 Å². The number of aromatic nitrogens is 1. The summed E-state index contributed by atoms with van der Waals surface area (Å²) in [7, 11) is 0. The van der Waals surface area contributed by atoms with Gasteiger partial charge in [0.15, 0.2) is 5.76 Å². The van der Waals surface area contributed by atoms with Gasteiger partial charge >= 0.3 is 0 Å². The fourth-order valence-corrected chi connectivity index (χ4v) is 2.14. The number of anilines is 1. The van der Waals surface area contributed by atoms with Crippen molar-refractivity contribution in [2.45, 2.75) is 6.54 Å². The fraction of sp³-hybridized carbons (Fsp3) is 0.0625. The highest BCUT2D eigenvalue weighted by Gasteiger charge is 2.05. The molecule has 0 spiro atoms. The van der Waals surface area contributed by atoms with E-state index < -0.39 is 0 Å². The third kappa shape index (κ3) is 3.08. The van der Waals surface area contributed by atoms with Gasteiger partial charge in [0, 0.05) is 15.7 Å². The number of benzene rings is 2. The lowest BCUT2D eigenvalue weighted by atomic mass is 10.2. The third-order valence-electron chi connectivity index (χ3n) is 2.90. The molecule has 0 radical (unpaired) electrons. The van der Waals surface area contributed by atoms with Crippen LogP contribution in [0.2, 0.25) is 0 Å². The zero-order chi connectivity index (χ0) is 13.8. The van der Waals surface area contributed by atoms with Crippen LogP contribution < -0.4 is 5.32 Å². The van der Waals surface area contributed by atoms with E-state index in [-0.39, 0.29) is 0 Å². The normalized spacial score (nSPS) is 10.4. The average molecular weight is 329 g/mol. The summed E-state index contributed by atoms with van der Waals surface area (Å²) in [5.74, 6) is 1.46. The molecule has 0 bridgehead atoms. The van der Waals surface area contributed by atoms with Crippen LogP contribution in [0, 0.1) is 0 Å². The first-order valence-electron chi connectivity index (χ1n) is 6.31. The Morgan fingerprint density at radius 1 is 1.00 bits per heavy atom. The number of rotatable bonds is 4. The zero-order valence-electron chi connectivity index (χ0n) is 10.7. The molecule has 0 atom stereocenters. The smallest absolute Gasteiger partial charge is 0.214 e. The van der Waals surface area contributed by atoms with Gasteiger partial charge in [-0.2, -0.15) is 0 Å². The number of oxazole rings is 1. The van der Waals surface area contributed by atoms with E-state index in [9.17, 15) is 0 Å². The molecule has 1 aromatic heterocycles. The summed E-state index contributed by atoms with van der Waals surface area (Å²) in [5.41, 5.74) is 2.07. The van der Waals surface area contributed by atoms with Crippen molar-refractivity contribution in [1.82, 2.24) is 4.98 Å². The van der Waals surface area contributed by atoms with Gasteiger partial charge in [0.1, 0.15) is 0 Å². The van der Waals surface area contributed by atoms with Crippen LogP contribution in [0.25, 0.3) is 11.3 Å². The largest absolute Gasteiger partial charge is 0.439 e. The van der Waals surface area contributed by atoms with E-state index in [4.69, 9.17) is 4.42 Å². The highest BCUT2D eigenvalue weighted by molar-refractivity contribution is 9.10. The molecule has 1 heterocycles. The van der Waals surface area contributed by atoms with Crippen molar-refractivity contribution in [2.24, 2.45) is 0 Å². The Kier molecular flexibility index (Phi) is 3.83. The third-order valence-corrected chi connectivity index (χ3v) is 3.43. The van der Waals surface area contributed by atoms with Crippen molar-refractivity contribution < 1.29 is 4.42 Å². The number of hydrogen-bond acceptors (Lipinski definition) is 3. The van der Waals surface area contributed by atoms with Gasteiger partial charge in [0.2, 0.25) is 5.89 Å². The summed E-state index contributed by atoms with van der Waals surface area (Å²) in [6.07, 6.45) is 1.76. The summed E-state index contributed by atoms with van der Waals surface area (Å²) in [6, 6.07) is 18.0. The first kappa shape index (κ1) is 12.9. The zero-order valence-corrected chi connectivity index (χ0v) is 12.3. The van der Waals surface area contributed by atoms with E-state index >= 15 is 0 Å². The van der Waals surface area contributed by atoms with Crippen molar-refractivity contribution in [3.8, 4) is 11.3 Å². The molecule has 20 heavy (non-hydrogen) atoms. The summed E-state index contributed by atoms with van der Waals surface area (Å²) >= 11 is 3.41. The standard InChI is InChI=1S/C16H13BrN2O/c17-13-6-8-14(9-7-13)18-11-16-19-10-15(20-16)12-4-2-1-3-5-12/h1-10,18H,11H2. The van der Waals surface area contributed by atoms with Gasteiger partial charge < -0.3 is 9.73 Å². The molecular weight excluding hydrogens is 316 g/mol. The van der Waals surface area contributed by atoms with Gasteiger partial charge in [-0.25, -0.2) is 4.98 Å². The lowest BCUT2D eigenvalue weighted by Crippen LogP contribution is -1.98. The van der Waals surface area contributed by atoms with E-state index in [0.717, 1.165) is 21.5 Å². The van der Waals surface area contributed by atoms with Crippen LogP contribution >= 0.6 is 15.9 Å². The Hall–Kier alpha value is -2.07. The van der Waals surface area contributed by atoms with Crippen LogP contribution in [0.1, 0.15) is 5.89 Å². The van der Waals surface area contributed by atoms with Crippen LogP contribution in [0.4, 0.5) is 5.69 Å². The van der Waals surface area contributed by atoms with E-state index in [1.54, 1.807) is 6.20 Å². The monoisotopic (exact) mass is 328 g/mol. The van der Waals surface area contributed by atoms with Crippen LogP contribution in [0.5, 0.6) is 0 Å². The Labute approximate surface area is 125 Å². The minimum atomic E-state index is 0.564. The van der Waals surface area contributed by atoms with E-state index in [1.165, 1.54) is 0 Å². The molecule has 0 saturated heterocycles. The van der Waals surface area contributed by atoms with Gasteiger partial charge in [-0.3, -0.25) is 0 Å². The number of hydrogen-bond donors (Lipinski definition) is 1. The van der Waals surface area contributed by atoms with Crippen molar-refractivity contribution in [3.05, 3.63) is 71.2 Å². The molecule has 100 valence electrons.